The zero-order valence-corrected chi connectivity index (χ0v) is 9.55. The van der Waals surface area contributed by atoms with E-state index in [-0.39, 0.29) is 0 Å². The molecule has 2 rings (SSSR count). The molecule has 82 valence electrons. The fraction of sp³-hybridized carbons (Fsp3) is 0.600. The number of carbonyl (C=O) groups excluding carboxylic acids is 1. The van der Waals surface area contributed by atoms with Crippen molar-refractivity contribution in [2.24, 2.45) is 0 Å². The maximum Gasteiger partial charge on any atom is 0.186 e. The van der Waals surface area contributed by atoms with E-state index in [0.29, 0.717) is 0 Å². The molecule has 1 saturated heterocycles. The SMILES string of the molecule is Cc1nc(N2CCCOCC2)sc1C=O. The van der Waals surface area contributed by atoms with Gasteiger partial charge in [0.05, 0.1) is 17.2 Å². The Morgan fingerprint density at radius 2 is 2.33 bits per heavy atom. The Morgan fingerprint density at radius 3 is 3.07 bits per heavy atom. The van der Waals surface area contributed by atoms with Gasteiger partial charge < -0.3 is 9.64 Å². The van der Waals surface area contributed by atoms with Crippen LogP contribution in [0.4, 0.5) is 5.13 Å². The third-order valence-corrected chi connectivity index (χ3v) is 3.56. The van der Waals surface area contributed by atoms with Gasteiger partial charge in [0.25, 0.3) is 0 Å². The molecule has 2 heterocycles. The molecule has 1 aliphatic heterocycles. The van der Waals surface area contributed by atoms with Crippen molar-refractivity contribution in [2.75, 3.05) is 31.2 Å². The standard InChI is InChI=1S/C10H14N2O2S/c1-8-9(7-13)15-10(11-8)12-3-2-5-14-6-4-12/h7H,2-6H2,1H3. The Labute approximate surface area is 92.9 Å². The molecule has 0 amide bonds. The van der Waals surface area contributed by atoms with Crippen LogP contribution in [0.15, 0.2) is 0 Å². The summed E-state index contributed by atoms with van der Waals surface area (Å²) in [5.41, 5.74) is 0.829. The second-order valence-electron chi connectivity index (χ2n) is 3.52. The van der Waals surface area contributed by atoms with Gasteiger partial charge in [-0.2, -0.15) is 0 Å². The lowest BCUT2D eigenvalue weighted by molar-refractivity contribution is 0.112. The first-order chi connectivity index (χ1) is 7.31. The molecule has 0 aliphatic carbocycles. The molecule has 1 fully saturated rings. The van der Waals surface area contributed by atoms with Crippen molar-refractivity contribution in [3.05, 3.63) is 10.6 Å². The zero-order valence-electron chi connectivity index (χ0n) is 8.73. The van der Waals surface area contributed by atoms with Gasteiger partial charge in [0.2, 0.25) is 0 Å². The van der Waals surface area contributed by atoms with E-state index in [4.69, 9.17) is 4.74 Å². The second kappa shape index (κ2) is 4.72. The van der Waals surface area contributed by atoms with Crippen molar-refractivity contribution in [2.45, 2.75) is 13.3 Å². The average molecular weight is 226 g/mol. The van der Waals surface area contributed by atoms with Crippen molar-refractivity contribution >= 4 is 22.8 Å². The zero-order chi connectivity index (χ0) is 10.7. The molecular weight excluding hydrogens is 212 g/mol. The quantitative estimate of drug-likeness (QED) is 0.717. The minimum Gasteiger partial charge on any atom is -0.380 e. The third-order valence-electron chi connectivity index (χ3n) is 2.42. The van der Waals surface area contributed by atoms with Gasteiger partial charge in [-0.25, -0.2) is 4.98 Å². The number of nitrogens with zero attached hydrogens (tertiary/aromatic N) is 2. The molecule has 0 spiro atoms. The first kappa shape index (κ1) is 10.6. The van der Waals surface area contributed by atoms with Gasteiger partial charge in [0, 0.05) is 19.7 Å². The number of aromatic nitrogens is 1. The molecule has 0 saturated carbocycles. The number of hydrogen-bond acceptors (Lipinski definition) is 5. The number of aryl methyl sites for hydroxylation is 1. The minimum absolute atomic E-state index is 0.732. The Balaban J connectivity index is 2.16. The number of anilines is 1. The number of aldehydes is 1. The summed E-state index contributed by atoms with van der Waals surface area (Å²) in [5, 5.41) is 0.945. The smallest absolute Gasteiger partial charge is 0.186 e. The molecule has 0 bridgehead atoms. The predicted molar refractivity (Wildman–Crippen MR) is 59.9 cm³/mol. The maximum absolute atomic E-state index is 10.7. The first-order valence-electron chi connectivity index (χ1n) is 5.06. The molecular formula is C10H14N2O2S. The van der Waals surface area contributed by atoms with E-state index in [0.717, 1.165) is 54.7 Å². The highest BCUT2D eigenvalue weighted by molar-refractivity contribution is 7.17. The van der Waals surface area contributed by atoms with Gasteiger partial charge in [-0.3, -0.25) is 4.79 Å². The number of rotatable bonds is 2. The maximum atomic E-state index is 10.7. The summed E-state index contributed by atoms with van der Waals surface area (Å²) in [6.45, 7) is 5.27. The topological polar surface area (TPSA) is 42.4 Å². The van der Waals surface area contributed by atoms with Crippen LogP contribution in [0.1, 0.15) is 21.8 Å². The van der Waals surface area contributed by atoms with Crippen molar-refractivity contribution in [3.63, 3.8) is 0 Å². The van der Waals surface area contributed by atoms with Gasteiger partial charge in [-0.05, 0) is 13.3 Å². The highest BCUT2D eigenvalue weighted by Crippen LogP contribution is 2.25. The fourth-order valence-corrected chi connectivity index (χ4v) is 2.51. The summed E-state index contributed by atoms with van der Waals surface area (Å²) in [4.78, 5) is 18.0. The van der Waals surface area contributed by atoms with Crippen molar-refractivity contribution in [1.29, 1.82) is 0 Å². The summed E-state index contributed by atoms with van der Waals surface area (Å²) in [6.07, 6.45) is 1.90. The Hall–Kier alpha value is -0.940. The van der Waals surface area contributed by atoms with Crippen LogP contribution >= 0.6 is 11.3 Å². The third kappa shape index (κ3) is 2.35. The summed E-state index contributed by atoms with van der Waals surface area (Å²) >= 11 is 1.47. The Kier molecular flexibility index (Phi) is 3.33. The summed E-state index contributed by atoms with van der Waals surface area (Å²) in [6, 6.07) is 0. The number of carbonyl (C=O) groups is 1. The monoisotopic (exact) mass is 226 g/mol. The predicted octanol–water partition coefficient (Wildman–Crippen LogP) is 1.49. The van der Waals surface area contributed by atoms with Crippen LogP contribution in [-0.4, -0.2) is 37.6 Å². The molecule has 0 radical (unpaired) electrons. The molecule has 1 aliphatic rings. The van der Waals surface area contributed by atoms with Crippen LogP contribution < -0.4 is 4.90 Å². The Morgan fingerprint density at radius 1 is 1.47 bits per heavy atom. The Bertz CT molecular complexity index is 343. The number of thiazole rings is 1. The average Bonchev–Trinajstić information content (AvgIpc) is 2.48. The highest BCUT2D eigenvalue weighted by atomic mass is 32.1. The molecule has 1 aromatic rings. The molecule has 0 N–H and O–H groups in total. The van der Waals surface area contributed by atoms with E-state index in [2.05, 4.69) is 9.88 Å². The molecule has 15 heavy (non-hydrogen) atoms. The van der Waals surface area contributed by atoms with Crippen molar-refractivity contribution in [3.8, 4) is 0 Å². The van der Waals surface area contributed by atoms with E-state index in [1.54, 1.807) is 0 Å². The number of ether oxygens (including phenoxy) is 1. The molecule has 0 atom stereocenters. The molecule has 0 aromatic carbocycles. The van der Waals surface area contributed by atoms with Crippen molar-refractivity contribution in [1.82, 2.24) is 4.98 Å². The van der Waals surface area contributed by atoms with Gasteiger partial charge in [0.1, 0.15) is 0 Å². The fourth-order valence-electron chi connectivity index (χ4n) is 1.58. The van der Waals surface area contributed by atoms with Crippen LogP contribution in [0, 0.1) is 6.92 Å². The van der Waals surface area contributed by atoms with Crippen LogP contribution in [0.5, 0.6) is 0 Å². The summed E-state index contributed by atoms with van der Waals surface area (Å²) in [7, 11) is 0. The normalized spacial score (nSPS) is 17.5. The van der Waals surface area contributed by atoms with Gasteiger partial charge in [0.15, 0.2) is 11.4 Å². The van der Waals surface area contributed by atoms with E-state index in [1.807, 2.05) is 6.92 Å². The largest absolute Gasteiger partial charge is 0.380 e. The van der Waals surface area contributed by atoms with E-state index in [1.165, 1.54) is 11.3 Å². The summed E-state index contributed by atoms with van der Waals surface area (Å²) in [5.74, 6) is 0. The lowest BCUT2D eigenvalue weighted by Crippen LogP contribution is -2.25. The second-order valence-corrected chi connectivity index (χ2v) is 4.53. The van der Waals surface area contributed by atoms with Crippen molar-refractivity contribution < 1.29 is 9.53 Å². The molecule has 0 unspecified atom stereocenters. The lowest BCUT2D eigenvalue weighted by Gasteiger charge is -2.17. The molecule has 4 nitrogen and oxygen atoms in total. The minimum atomic E-state index is 0.732. The van der Waals surface area contributed by atoms with E-state index < -0.39 is 0 Å². The van der Waals surface area contributed by atoms with Gasteiger partial charge in [-0.15, -0.1) is 0 Å². The van der Waals surface area contributed by atoms with Crippen LogP contribution in [0.2, 0.25) is 0 Å². The van der Waals surface area contributed by atoms with E-state index >= 15 is 0 Å². The van der Waals surface area contributed by atoms with Crippen LogP contribution in [0.3, 0.4) is 0 Å². The molecule has 5 heteroatoms. The lowest BCUT2D eigenvalue weighted by atomic mass is 10.4. The highest BCUT2D eigenvalue weighted by Gasteiger charge is 2.15. The van der Waals surface area contributed by atoms with Crippen LogP contribution in [0.25, 0.3) is 0 Å². The first-order valence-corrected chi connectivity index (χ1v) is 5.88. The molecule has 1 aromatic heterocycles. The van der Waals surface area contributed by atoms with Gasteiger partial charge >= 0.3 is 0 Å². The number of hydrogen-bond donors (Lipinski definition) is 0. The summed E-state index contributed by atoms with van der Waals surface area (Å²) < 4.78 is 5.38. The van der Waals surface area contributed by atoms with Gasteiger partial charge in [-0.1, -0.05) is 11.3 Å². The van der Waals surface area contributed by atoms with Crippen LogP contribution in [-0.2, 0) is 4.74 Å². The van der Waals surface area contributed by atoms with E-state index in [9.17, 15) is 4.79 Å².